The number of carbonyl (C=O) groups is 1. The fraction of sp³-hybridized carbons (Fsp3) is 0.176. The Morgan fingerprint density at radius 3 is 2.46 bits per heavy atom. The van der Waals surface area contributed by atoms with Crippen molar-refractivity contribution in [3.63, 3.8) is 0 Å². The Bertz CT molecular complexity index is 2100. The molecule has 0 bridgehead atoms. The van der Waals surface area contributed by atoms with Gasteiger partial charge in [-0.05, 0) is 64.9 Å². The molecule has 1 amide bonds. The molecule has 3 aromatic heterocycles. The molecule has 6 aromatic rings. The molecule has 0 spiro atoms. The standard InChI is InChI=1S/C34H30Cl2N8O4/c1-21-16-24(27-19-25(35)10-13-28(27)43-20-37-40-41-43)18-30(45)44(21)29(17-22-6-4-3-5-7-22)33-38-31(32(36)39-33)23-8-11-26(12-9-23)42(34(46)47)14-15-48-2/h3-13,16,18-20,29H,14-15,17H2,1-2H3,(H,38,39)(H,46,47). The minimum atomic E-state index is -1.08. The van der Waals surface area contributed by atoms with Gasteiger partial charge in [0.15, 0.2) is 5.15 Å². The zero-order valence-corrected chi connectivity index (χ0v) is 27.4. The van der Waals surface area contributed by atoms with Gasteiger partial charge >= 0.3 is 6.09 Å². The van der Waals surface area contributed by atoms with Crippen molar-refractivity contribution in [2.45, 2.75) is 19.4 Å². The third-order valence-electron chi connectivity index (χ3n) is 7.92. The normalized spacial score (nSPS) is 11.8. The molecule has 1 unspecified atom stereocenters. The van der Waals surface area contributed by atoms with Crippen molar-refractivity contribution in [3.8, 4) is 28.1 Å². The summed E-state index contributed by atoms with van der Waals surface area (Å²) in [6.07, 6.45) is 0.842. The molecule has 14 heteroatoms. The summed E-state index contributed by atoms with van der Waals surface area (Å²) in [5.41, 5.74) is 5.18. The van der Waals surface area contributed by atoms with E-state index in [1.54, 1.807) is 53.1 Å². The topological polar surface area (TPSA) is 144 Å². The molecule has 0 saturated carbocycles. The fourth-order valence-electron chi connectivity index (χ4n) is 5.67. The molecular formula is C34H30Cl2N8O4. The summed E-state index contributed by atoms with van der Waals surface area (Å²) >= 11 is 13.1. The average Bonchev–Trinajstić information content (AvgIpc) is 3.75. The van der Waals surface area contributed by atoms with E-state index in [9.17, 15) is 14.7 Å². The molecule has 0 radical (unpaired) electrons. The lowest BCUT2D eigenvalue weighted by Gasteiger charge is -2.22. The molecule has 6 rings (SSSR count). The number of aryl methyl sites for hydroxylation is 1. The number of amides is 1. The lowest BCUT2D eigenvalue weighted by atomic mass is 10.0. The van der Waals surface area contributed by atoms with E-state index in [0.29, 0.717) is 56.7 Å². The van der Waals surface area contributed by atoms with Crippen LogP contribution in [0.4, 0.5) is 10.5 Å². The largest absolute Gasteiger partial charge is 0.465 e. The quantitative estimate of drug-likeness (QED) is 0.158. The molecule has 0 fully saturated rings. The number of aromatic nitrogens is 7. The van der Waals surface area contributed by atoms with E-state index < -0.39 is 12.1 Å². The first kappa shape index (κ1) is 32.6. The third-order valence-corrected chi connectivity index (χ3v) is 8.43. The number of ether oxygens (including phenoxy) is 1. The number of rotatable bonds is 11. The van der Waals surface area contributed by atoms with Crippen molar-refractivity contribution < 1.29 is 14.6 Å². The molecule has 3 aromatic carbocycles. The highest BCUT2D eigenvalue weighted by molar-refractivity contribution is 6.32. The number of methoxy groups -OCH3 is 1. The van der Waals surface area contributed by atoms with E-state index >= 15 is 0 Å². The van der Waals surface area contributed by atoms with Crippen molar-refractivity contribution in [3.05, 3.63) is 129 Å². The molecule has 0 aliphatic heterocycles. The Morgan fingerprint density at radius 1 is 1.02 bits per heavy atom. The zero-order chi connectivity index (χ0) is 33.8. The molecule has 244 valence electrons. The predicted molar refractivity (Wildman–Crippen MR) is 183 cm³/mol. The molecule has 3 heterocycles. The Labute approximate surface area is 285 Å². The maximum Gasteiger partial charge on any atom is 0.411 e. The van der Waals surface area contributed by atoms with Gasteiger partial charge in [0.05, 0.1) is 30.6 Å². The molecule has 2 N–H and O–H groups in total. The summed E-state index contributed by atoms with van der Waals surface area (Å²) < 4.78 is 8.27. The highest BCUT2D eigenvalue weighted by Crippen LogP contribution is 2.33. The molecule has 48 heavy (non-hydrogen) atoms. The Balaban J connectivity index is 1.40. The lowest BCUT2D eigenvalue weighted by molar-refractivity contribution is 0.186. The maximum absolute atomic E-state index is 14.1. The van der Waals surface area contributed by atoms with E-state index in [4.69, 9.17) is 32.9 Å². The maximum atomic E-state index is 14.1. The summed E-state index contributed by atoms with van der Waals surface area (Å²) in [6, 6.07) is 25.0. The number of hydrogen-bond acceptors (Lipinski definition) is 7. The van der Waals surface area contributed by atoms with E-state index in [0.717, 1.165) is 5.56 Å². The van der Waals surface area contributed by atoms with Gasteiger partial charge in [-0.25, -0.2) is 9.78 Å². The van der Waals surface area contributed by atoms with Gasteiger partial charge in [0.2, 0.25) is 0 Å². The Morgan fingerprint density at radius 2 is 1.79 bits per heavy atom. The van der Waals surface area contributed by atoms with Crippen LogP contribution >= 0.6 is 23.2 Å². The summed E-state index contributed by atoms with van der Waals surface area (Å²) in [5, 5.41) is 21.9. The first-order valence-electron chi connectivity index (χ1n) is 14.9. The Kier molecular flexibility index (Phi) is 9.67. The van der Waals surface area contributed by atoms with Crippen LogP contribution in [0, 0.1) is 6.92 Å². The number of imidazole rings is 1. The van der Waals surface area contributed by atoms with Crippen LogP contribution in [-0.4, -0.2) is 66.2 Å². The second kappa shape index (κ2) is 14.2. The van der Waals surface area contributed by atoms with Crippen LogP contribution in [0.3, 0.4) is 0 Å². The van der Waals surface area contributed by atoms with Crippen molar-refractivity contribution in [2.24, 2.45) is 0 Å². The Hall–Kier alpha value is -5.30. The fourth-order valence-corrected chi connectivity index (χ4v) is 6.09. The van der Waals surface area contributed by atoms with Crippen LogP contribution in [0.5, 0.6) is 0 Å². The highest BCUT2D eigenvalue weighted by Gasteiger charge is 2.25. The number of nitrogens with zero attached hydrogens (tertiary/aromatic N) is 7. The van der Waals surface area contributed by atoms with Crippen LogP contribution in [0.1, 0.15) is 23.1 Å². The van der Waals surface area contributed by atoms with Crippen molar-refractivity contribution in [1.29, 1.82) is 0 Å². The molecular weight excluding hydrogens is 655 g/mol. The van der Waals surface area contributed by atoms with E-state index in [-0.39, 0.29) is 23.9 Å². The monoisotopic (exact) mass is 684 g/mol. The van der Waals surface area contributed by atoms with Crippen LogP contribution in [0.25, 0.3) is 28.1 Å². The second-order valence-corrected chi connectivity index (χ2v) is 11.8. The van der Waals surface area contributed by atoms with Gasteiger partial charge in [-0.2, -0.15) is 4.68 Å². The SMILES string of the molecule is COCCN(C(=O)O)c1ccc(-c2[nH]c(C(Cc3ccccc3)n3c(C)cc(-c4cc(Cl)ccc4-n4cnnn4)cc3=O)nc2Cl)cc1. The number of H-pyrrole nitrogens is 1. The molecule has 12 nitrogen and oxygen atoms in total. The van der Waals surface area contributed by atoms with Gasteiger partial charge in [-0.1, -0.05) is 65.7 Å². The van der Waals surface area contributed by atoms with Crippen molar-refractivity contribution in [2.75, 3.05) is 25.2 Å². The minimum absolute atomic E-state index is 0.185. The number of pyridine rings is 1. The summed E-state index contributed by atoms with van der Waals surface area (Å²) in [7, 11) is 1.52. The van der Waals surface area contributed by atoms with Gasteiger partial charge in [-0.15, -0.1) is 5.10 Å². The predicted octanol–water partition coefficient (Wildman–Crippen LogP) is 6.46. The smallest absolute Gasteiger partial charge is 0.411 e. The number of halogens is 2. The molecule has 1 atom stereocenters. The van der Waals surface area contributed by atoms with Crippen LogP contribution in [0.2, 0.25) is 10.2 Å². The highest BCUT2D eigenvalue weighted by atomic mass is 35.5. The number of carboxylic acid groups (broad SMARTS) is 1. The van der Waals surface area contributed by atoms with E-state index in [2.05, 4.69) is 20.5 Å². The first-order chi connectivity index (χ1) is 23.2. The van der Waals surface area contributed by atoms with Gasteiger partial charge in [0, 0.05) is 47.1 Å². The summed E-state index contributed by atoms with van der Waals surface area (Å²) in [4.78, 5) is 35.1. The van der Waals surface area contributed by atoms with Crippen molar-refractivity contribution >= 4 is 35.0 Å². The van der Waals surface area contributed by atoms with E-state index in [1.807, 2.05) is 43.3 Å². The summed E-state index contributed by atoms with van der Waals surface area (Å²) in [5.74, 6) is 0.491. The van der Waals surface area contributed by atoms with Gasteiger partial charge in [0.1, 0.15) is 12.2 Å². The summed E-state index contributed by atoms with van der Waals surface area (Å²) in [6.45, 7) is 2.31. The number of anilines is 1. The molecule has 0 aliphatic rings. The molecule has 0 aliphatic carbocycles. The number of benzene rings is 3. The van der Waals surface area contributed by atoms with Crippen LogP contribution < -0.4 is 10.5 Å². The van der Waals surface area contributed by atoms with Crippen molar-refractivity contribution in [1.82, 2.24) is 34.7 Å². The van der Waals surface area contributed by atoms with Gasteiger partial charge < -0.3 is 19.4 Å². The van der Waals surface area contributed by atoms with Crippen LogP contribution in [0.15, 0.2) is 96.1 Å². The lowest BCUT2D eigenvalue weighted by Crippen LogP contribution is -2.32. The number of aromatic amines is 1. The molecule has 0 saturated heterocycles. The number of nitrogens with one attached hydrogen (secondary N) is 1. The second-order valence-electron chi connectivity index (χ2n) is 11.0. The number of tetrazole rings is 1. The number of hydrogen-bond donors (Lipinski definition) is 2. The van der Waals surface area contributed by atoms with E-state index in [1.165, 1.54) is 23.0 Å². The minimum Gasteiger partial charge on any atom is -0.465 e. The van der Waals surface area contributed by atoms with Gasteiger partial charge in [0.25, 0.3) is 5.56 Å². The van der Waals surface area contributed by atoms with Crippen LogP contribution in [-0.2, 0) is 11.2 Å². The third kappa shape index (κ3) is 6.86. The van der Waals surface area contributed by atoms with Gasteiger partial charge in [-0.3, -0.25) is 9.69 Å². The first-order valence-corrected chi connectivity index (χ1v) is 15.6. The zero-order valence-electron chi connectivity index (χ0n) is 25.9. The average molecular weight is 686 g/mol.